The van der Waals surface area contributed by atoms with Gasteiger partial charge in [-0.05, 0) is 113 Å². The van der Waals surface area contributed by atoms with Crippen LogP contribution in [-0.2, 0) is 20.7 Å². The summed E-state index contributed by atoms with van der Waals surface area (Å²) in [6, 6.07) is 16.9. The number of benzene rings is 3. The molecule has 254 valence electrons. The van der Waals surface area contributed by atoms with Crippen molar-refractivity contribution < 1.29 is 29.0 Å². The van der Waals surface area contributed by atoms with Crippen molar-refractivity contribution in [2.24, 2.45) is 5.92 Å². The summed E-state index contributed by atoms with van der Waals surface area (Å²) >= 11 is 0. The van der Waals surface area contributed by atoms with E-state index in [2.05, 4.69) is 24.5 Å². The van der Waals surface area contributed by atoms with Crippen LogP contribution in [0.3, 0.4) is 0 Å². The van der Waals surface area contributed by atoms with E-state index in [1.54, 1.807) is 69.2 Å². The highest BCUT2D eigenvalue weighted by molar-refractivity contribution is 5.99. The van der Waals surface area contributed by atoms with E-state index in [1.807, 2.05) is 39.0 Å². The van der Waals surface area contributed by atoms with Crippen LogP contribution in [0.2, 0.25) is 0 Å². The van der Waals surface area contributed by atoms with E-state index in [4.69, 9.17) is 9.47 Å². The molecule has 0 aliphatic carbocycles. The second kappa shape index (κ2) is 16.3. The molecule has 0 saturated carbocycles. The first-order valence-electron chi connectivity index (χ1n) is 16.2. The number of nitrogens with one attached hydrogen (secondary N) is 2. The molecule has 9 heteroatoms. The van der Waals surface area contributed by atoms with Crippen molar-refractivity contribution in [1.82, 2.24) is 10.2 Å². The SMILES string of the molecule is COc1ccc(NC(=O)C(c2ccc(C)cc2C)N(C(=O)C(Cc2ccc(O)cc2)NC(=O)OC(C)(C)C)C(C)CCC(C)C)cc1. The number of hydrogen-bond donors (Lipinski definition) is 3. The van der Waals surface area contributed by atoms with Crippen LogP contribution in [-0.4, -0.2) is 52.7 Å². The van der Waals surface area contributed by atoms with Gasteiger partial charge in [0, 0.05) is 18.2 Å². The zero-order valence-corrected chi connectivity index (χ0v) is 29.2. The number of aryl methyl sites for hydroxylation is 2. The van der Waals surface area contributed by atoms with Gasteiger partial charge in [0.2, 0.25) is 5.91 Å². The van der Waals surface area contributed by atoms with Crippen molar-refractivity contribution in [3.05, 3.63) is 89.0 Å². The number of carbonyl (C=O) groups is 3. The summed E-state index contributed by atoms with van der Waals surface area (Å²) < 4.78 is 10.9. The lowest BCUT2D eigenvalue weighted by atomic mass is 9.93. The molecule has 3 aromatic carbocycles. The fourth-order valence-corrected chi connectivity index (χ4v) is 5.44. The highest BCUT2D eigenvalue weighted by Gasteiger charge is 2.39. The molecule has 3 amide bonds. The Morgan fingerprint density at radius 2 is 1.53 bits per heavy atom. The number of rotatable bonds is 13. The van der Waals surface area contributed by atoms with E-state index < -0.39 is 29.7 Å². The third-order valence-corrected chi connectivity index (χ3v) is 7.86. The van der Waals surface area contributed by atoms with Gasteiger partial charge in [0.15, 0.2) is 0 Å². The van der Waals surface area contributed by atoms with Gasteiger partial charge in [0.05, 0.1) is 7.11 Å². The van der Waals surface area contributed by atoms with Crippen molar-refractivity contribution >= 4 is 23.6 Å². The summed E-state index contributed by atoms with van der Waals surface area (Å²) in [6.07, 6.45) is 0.840. The predicted octanol–water partition coefficient (Wildman–Crippen LogP) is 7.49. The Labute approximate surface area is 279 Å². The second-order valence-corrected chi connectivity index (χ2v) is 13.6. The molecule has 0 saturated heterocycles. The zero-order chi connectivity index (χ0) is 34.9. The maximum absolute atomic E-state index is 14.9. The Kier molecular flexibility index (Phi) is 12.8. The number of nitrogens with zero attached hydrogens (tertiary/aromatic N) is 1. The number of aromatic hydroxyl groups is 1. The normalized spacial score (nSPS) is 13.3. The van der Waals surface area contributed by atoms with Crippen LogP contribution in [0.4, 0.5) is 10.5 Å². The fraction of sp³-hybridized carbons (Fsp3) is 0.447. The number of amides is 3. The molecule has 0 aliphatic heterocycles. The average molecular weight is 646 g/mol. The average Bonchev–Trinajstić information content (AvgIpc) is 2.99. The monoisotopic (exact) mass is 645 g/mol. The maximum Gasteiger partial charge on any atom is 0.408 e. The molecule has 0 heterocycles. The topological polar surface area (TPSA) is 117 Å². The largest absolute Gasteiger partial charge is 0.508 e. The predicted molar refractivity (Wildman–Crippen MR) is 186 cm³/mol. The number of ether oxygens (including phenoxy) is 2. The van der Waals surface area contributed by atoms with Crippen LogP contribution in [0.25, 0.3) is 0 Å². The molecular formula is C38H51N3O6. The molecule has 0 radical (unpaired) electrons. The first-order chi connectivity index (χ1) is 22.1. The number of carbonyl (C=O) groups excluding carboxylic acids is 3. The Hall–Kier alpha value is -4.53. The van der Waals surface area contributed by atoms with Gasteiger partial charge in [-0.3, -0.25) is 9.59 Å². The van der Waals surface area contributed by atoms with Gasteiger partial charge in [0.25, 0.3) is 5.91 Å². The molecule has 0 fully saturated rings. The van der Waals surface area contributed by atoms with Gasteiger partial charge >= 0.3 is 6.09 Å². The summed E-state index contributed by atoms with van der Waals surface area (Å²) in [5.41, 5.74) is 3.07. The lowest BCUT2D eigenvalue weighted by Gasteiger charge is -2.39. The smallest absolute Gasteiger partial charge is 0.408 e. The van der Waals surface area contributed by atoms with E-state index in [9.17, 15) is 19.5 Å². The van der Waals surface area contributed by atoms with E-state index in [-0.39, 0.29) is 24.1 Å². The molecular weight excluding hydrogens is 594 g/mol. The molecule has 3 N–H and O–H groups in total. The number of methoxy groups -OCH3 is 1. The van der Waals surface area contributed by atoms with Gasteiger partial charge in [-0.15, -0.1) is 0 Å². The Bertz CT molecular complexity index is 1500. The maximum atomic E-state index is 14.9. The molecule has 47 heavy (non-hydrogen) atoms. The second-order valence-electron chi connectivity index (χ2n) is 13.6. The Balaban J connectivity index is 2.16. The van der Waals surface area contributed by atoms with Gasteiger partial charge in [-0.1, -0.05) is 49.7 Å². The van der Waals surface area contributed by atoms with Crippen molar-refractivity contribution in [1.29, 1.82) is 0 Å². The third-order valence-electron chi connectivity index (χ3n) is 7.86. The lowest BCUT2D eigenvalue weighted by Crippen LogP contribution is -2.55. The van der Waals surface area contributed by atoms with Crippen LogP contribution < -0.4 is 15.4 Å². The van der Waals surface area contributed by atoms with Crippen molar-refractivity contribution in [2.75, 3.05) is 12.4 Å². The van der Waals surface area contributed by atoms with E-state index in [1.165, 1.54) is 12.1 Å². The van der Waals surface area contributed by atoms with Crippen LogP contribution in [0.1, 0.15) is 82.7 Å². The molecule has 9 nitrogen and oxygen atoms in total. The van der Waals surface area contributed by atoms with Crippen LogP contribution in [0, 0.1) is 19.8 Å². The molecule has 3 unspecified atom stereocenters. The summed E-state index contributed by atoms with van der Waals surface area (Å²) in [4.78, 5) is 44.2. The van der Waals surface area contributed by atoms with Gasteiger partial charge in [0.1, 0.15) is 29.2 Å². The Morgan fingerprint density at radius 1 is 0.894 bits per heavy atom. The number of phenols is 1. The summed E-state index contributed by atoms with van der Waals surface area (Å²) in [5, 5.41) is 15.7. The highest BCUT2D eigenvalue weighted by atomic mass is 16.6. The number of alkyl carbamates (subject to hydrolysis) is 1. The van der Waals surface area contributed by atoms with Crippen LogP contribution in [0.5, 0.6) is 11.5 Å². The third kappa shape index (κ3) is 11.0. The number of hydrogen-bond acceptors (Lipinski definition) is 6. The van der Waals surface area contributed by atoms with Gasteiger partial charge in [-0.2, -0.15) is 0 Å². The molecule has 3 atom stereocenters. The number of anilines is 1. The molecule has 3 aromatic rings. The van der Waals surface area contributed by atoms with Crippen molar-refractivity contribution in [3.63, 3.8) is 0 Å². The van der Waals surface area contributed by atoms with Crippen molar-refractivity contribution in [2.45, 2.75) is 98.4 Å². The molecule has 0 spiro atoms. The first kappa shape index (κ1) is 36.9. The highest BCUT2D eigenvalue weighted by Crippen LogP contribution is 2.32. The van der Waals surface area contributed by atoms with Gasteiger partial charge < -0.3 is 30.1 Å². The summed E-state index contributed by atoms with van der Waals surface area (Å²) in [7, 11) is 1.58. The molecule has 0 aromatic heterocycles. The first-order valence-corrected chi connectivity index (χ1v) is 16.2. The Morgan fingerprint density at radius 3 is 2.09 bits per heavy atom. The lowest BCUT2D eigenvalue weighted by molar-refractivity contribution is -0.143. The van der Waals surface area contributed by atoms with Gasteiger partial charge in [-0.25, -0.2) is 4.79 Å². The minimum absolute atomic E-state index is 0.0887. The molecule has 0 bridgehead atoms. The van der Waals surface area contributed by atoms with E-state index >= 15 is 0 Å². The number of phenolic OH excluding ortho intramolecular Hbond substituents is 1. The standard InChI is InChI=1S/C38H51N3O6/c1-24(2)10-12-27(5)41(36(44)33(40-37(45)47-38(6,7)8)23-28-13-17-30(42)18-14-28)34(32-21-11-25(3)22-26(32)4)35(43)39-29-15-19-31(46-9)20-16-29/h11,13-22,24,27,33-34,42H,10,12,23H2,1-9H3,(H,39,43)(H,40,45). The zero-order valence-electron chi connectivity index (χ0n) is 29.2. The summed E-state index contributed by atoms with van der Waals surface area (Å²) in [5.74, 6) is 0.307. The van der Waals surface area contributed by atoms with E-state index in [0.29, 0.717) is 29.3 Å². The quantitative estimate of drug-likeness (QED) is 0.177. The minimum atomic E-state index is -1.07. The van der Waals surface area contributed by atoms with Crippen LogP contribution >= 0.6 is 0 Å². The fourth-order valence-electron chi connectivity index (χ4n) is 5.44. The molecule has 0 aliphatic rings. The van der Waals surface area contributed by atoms with E-state index in [0.717, 1.165) is 23.1 Å². The van der Waals surface area contributed by atoms with Crippen molar-refractivity contribution in [3.8, 4) is 11.5 Å². The molecule has 3 rings (SSSR count). The van der Waals surface area contributed by atoms with Crippen LogP contribution in [0.15, 0.2) is 66.7 Å². The summed E-state index contributed by atoms with van der Waals surface area (Å²) in [6.45, 7) is 15.4. The minimum Gasteiger partial charge on any atom is -0.508 e.